The molecule has 2 aromatic carbocycles. The maximum atomic E-state index is 12.4. The molecule has 2 heterocycles. The smallest absolute Gasteiger partial charge is 0.251 e. The van der Waals surface area contributed by atoms with E-state index in [1.54, 1.807) is 12.1 Å². The van der Waals surface area contributed by atoms with Crippen molar-refractivity contribution < 1.29 is 4.79 Å². The molecule has 4 rings (SSSR count). The van der Waals surface area contributed by atoms with Crippen molar-refractivity contribution in [2.24, 2.45) is 0 Å². The normalized spacial score (nSPS) is 14.1. The first kappa shape index (κ1) is 18.0. The highest BCUT2D eigenvalue weighted by molar-refractivity contribution is 6.29. The number of benzene rings is 2. The highest BCUT2D eigenvalue weighted by Gasteiger charge is 2.15. The fourth-order valence-corrected chi connectivity index (χ4v) is 3.75. The van der Waals surface area contributed by atoms with Crippen LogP contribution in [0.5, 0.6) is 0 Å². The monoisotopic (exact) mass is 379 g/mol. The molecule has 1 aliphatic rings. The molecule has 5 heteroatoms. The van der Waals surface area contributed by atoms with Crippen LogP contribution in [0.1, 0.15) is 27.9 Å². The summed E-state index contributed by atoms with van der Waals surface area (Å²) in [5.41, 5.74) is 4.34. The molecule has 1 aromatic heterocycles. The van der Waals surface area contributed by atoms with E-state index < -0.39 is 0 Å². The van der Waals surface area contributed by atoms with Crippen molar-refractivity contribution in [2.45, 2.75) is 19.4 Å². The number of carbonyl (C=O) groups is 1. The number of aromatic nitrogens is 1. The van der Waals surface area contributed by atoms with Crippen molar-refractivity contribution in [2.75, 3.05) is 19.6 Å². The van der Waals surface area contributed by atoms with Crippen molar-refractivity contribution in [3.05, 3.63) is 76.4 Å². The maximum Gasteiger partial charge on any atom is 0.251 e. The van der Waals surface area contributed by atoms with Crippen LogP contribution in [0.15, 0.2) is 54.6 Å². The average Bonchev–Trinajstić information content (AvgIpc) is 2.70. The van der Waals surface area contributed by atoms with Crippen LogP contribution in [0.4, 0.5) is 0 Å². The Bertz CT molecular complexity index is 973. The summed E-state index contributed by atoms with van der Waals surface area (Å²) in [6, 6.07) is 17.8. The molecule has 0 unspecified atom stereocenters. The van der Waals surface area contributed by atoms with Crippen LogP contribution >= 0.6 is 11.6 Å². The molecule has 1 amide bonds. The summed E-state index contributed by atoms with van der Waals surface area (Å²) in [5.74, 6) is -0.0455. The van der Waals surface area contributed by atoms with E-state index in [0.717, 1.165) is 43.4 Å². The van der Waals surface area contributed by atoms with Gasteiger partial charge in [-0.15, -0.1) is 0 Å². The summed E-state index contributed by atoms with van der Waals surface area (Å²) < 4.78 is 0. The van der Waals surface area contributed by atoms with Crippen molar-refractivity contribution in [1.29, 1.82) is 0 Å². The number of hydrogen-bond acceptors (Lipinski definition) is 3. The maximum absolute atomic E-state index is 12.4. The van der Waals surface area contributed by atoms with Crippen molar-refractivity contribution >= 4 is 28.4 Å². The predicted molar refractivity (Wildman–Crippen MR) is 109 cm³/mol. The molecular formula is C22H22ClN3O. The first-order valence-corrected chi connectivity index (χ1v) is 9.70. The minimum absolute atomic E-state index is 0.0455. The second kappa shape index (κ2) is 8.07. The van der Waals surface area contributed by atoms with Crippen LogP contribution in [0, 0.1) is 0 Å². The first-order valence-electron chi connectivity index (χ1n) is 9.33. The van der Waals surface area contributed by atoms with E-state index in [4.69, 9.17) is 11.6 Å². The summed E-state index contributed by atoms with van der Waals surface area (Å²) in [5, 5.41) is 4.40. The van der Waals surface area contributed by atoms with E-state index in [-0.39, 0.29) is 5.91 Å². The van der Waals surface area contributed by atoms with E-state index in [2.05, 4.69) is 39.5 Å². The molecule has 0 fully saturated rings. The third-order valence-electron chi connectivity index (χ3n) is 5.06. The van der Waals surface area contributed by atoms with Crippen LogP contribution in [0.3, 0.4) is 0 Å². The number of amides is 1. The summed E-state index contributed by atoms with van der Waals surface area (Å²) in [4.78, 5) is 19.1. The lowest BCUT2D eigenvalue weighted by Gasteiger charge is -2.28. The molecule has 1 N–H and O–H groups in total. The standard InChI is InChI=1S/C22H22ClN3O/c23-21-9-7-17-14-18(6-8-20(17)25-21)22(27)24-11-3-12-26-13-10-16-4-1-2-5-19(16)15-26/h1-2,4-9,14H,3,10-13,15H2,(H,24,27). The quantitative estimate of drug-likeness (QED) is 0.537. The molecule has 0 saturated heterocycles. The minimum atomic E-state index is -0.0455. The van der Waals surface area contributed by atoms with Gasteiger partial charge in [0.15, 0.2) is 0 Å². The average molecular weight is 380 g/mol. The van der Waals surface area contributed by atoms with Gasteiger partial charge in [0.2, 0.25) is 0 Å². The number of nitrogens with one attached hydrogen (secondary N) is 1. The lowest BCUT2D eigenvalue weighted by Crippen LogP contribution is -2.33. The van der Waals surface area contributed by atoms with Crippen LogP contribution in [0.2, 0.25) is 5.15 Å². The Kier molecular flexibility index (Phi) is 5.37. The van der Waals surface area contributed by atoms with Gasteiger partial charge < -0.3 is 5.32 Å². The van der Waals surface area contributed by atoms with E-state index in [1.807, 2.05) is 18.2 Å². The lowest BCUT2D eigenvalue weighted by atomic mass is 10.00. The Hall–Kier alpha value is -2.43. The zero-order valence-corrected chi connectivity index (χ0v) is 15.9. The van der Waals surface area contributed by atoms with E-state index in [0.29, 0.717) is 17.3 Å². The number of nitrogens with zero attached hydrogens (tertiary/aromatic N) is 2. The van der Waals surface area contributed by atoms with Gasteiger partial charge >= 0.3 is 0 Å². The summed E-state index contributed by atoms with van der Waals surface area (Å²) in [6.07, 6.45) is 2.05. The highest BCUT2D eigenvalue weighted by atomic mass is 35.5. The van der Waals surface area contributed by atoms with Crippen LogP contribution in [-0.2, 0) is 13.0 Å². The Morgan fingerprint density at radius 3 is 2.85 bits per heavy atom. The van der Waals surface area contributed by atoms with Gasteiger partial charge in [0, 0.05) is 37.1 Å². The summed E-state index contributed by atoms with van der Waals surface area (Å²) in [6.45, 7) is 3.76. The second-order valence-electron chi connectivity index (χ2n) is 6.95. The van der Waals surface area contributed by atoms with Crippen LogP contribution < -0.4 is 5.32 Å². The van der Waals surface area contributed by atoms with Gasteiger partial charge in [-0.1, -0.05) is 35.9 Å². The Labute approximate surface area is 164 Å². The van der Waals surface area contributed by atoms with Gasteiger partial charge in [-0.25, -0.2) is 4.98 Å². The molecular weight excluding hydrogens is 358 g/mol. The Morgan fingerprint density at radius 2 is 1.96 bits per heavy atom. The minimum Gasteiger partial charge on any atom is -0.352 e. The molecule has 138 valence electrons. The van der Waals surface area contributed by atoms with Gasteiger partial charge in [0.25, 0.3) is 5.91 Å². The first-order chi connectivity index (χ1) is 13.2. The summed E-state index contributed by atoms with van der Waals surface area (Å²) >= 11 is 5.90. The van der Waals surface area contributed by atoms with Gasteiger partial charge in [-0.3, -0.25) is 9.69 Å². The SMILES string of the molecule is O=C(NCCCN1CCc2ccccc2C1)c1ccc2nc(Cl)ccc2c1. The predicted octanol–water partition coefficient (Wildman–Crippen LogP) is 4.07. The van der Waals surface area contributed by atoms with Gasteiger partial charge in [0.1, 0.15) is 5.15 Å². The molecule has 3 aromatic rings. The Balaban J connectivity index is 1.27. The number of fused-ring (bicyclic) bond motifs is 2. The van der Waals surface area contributed by atoms with E-state index in [1.165, 1.54) is 11.1 Å². The third kappa shape index (κ3) is 4.29. The fourth-order valence-electron chi connectivity index (χ4n) is 3.59. The van der Waals surface area contributed by atoms with Crippen LogP contribution in [0.25, 0.3) is 10.9 Å². The molecule has 0 bridgehead atoms. The number of halogens is 1. The molecule has 0 spiro atoms. The molecule has 0 atom stereocenters. The van der Waals surface area contributed by atoms with E-state index in [9.17, 15) is 4.79 Å². The van der Waals surface area contributed by atoms with Gasteiger partial charge in [-0.2, -0.15) is 0 Å². The number of pyridine rings is 1. The molecule has 0 saturated carbocycles. The molecule has 4 nitrogen and oxygen atoms in total. The van der Waals surface area contributed by atoms with Gasteiger partial charge in [-0.05, 0) is 54.3 Å². The molecule has 1 aliphatic heterocycles. The summed E-state index contributed by atoms with van der Waals surface area (Å²) in [7, 11) is 0. The van der Waals surface area contributed by atoms with Crippen molar-refractivity contribution in [3.8, 4) is 0 Å². The number of carbonyl (C=O) groups excluding carboxylic acids is 1. The van der Waals surface area contributed by atoms with Crippen LogP contribution in [-0.4, -0.2) is 35.4 Å². The largest absolute Gasteiger partial charge is 0.352 e. The molecule has 0 radical (unpaired) electrons. The topological polar surface area (TPSA) is 45.2 Å². The molecule has 0 aliphatic carbocycles. The van der Waals surface area contributed by atoms with Crippen molar-refractivity contribution in [3.63, 3.8) is 0 Å². The highest BCUT2D eigenvalue weighted by Crippen LogP contribution is 2.19. The zero-order valence-electron chi connectivity index (χ0n) is 15.1. The number of rotatable bonds is 5. The zero-order chi connectivity index (χ0) is 18.6. The fraction of sp³-hybridized carbons (Fsp3) is 0.273. The third-order valence-corrected chi connectivity index (χ3v) is 5.27. The second-order valence-corrected chi connectivity index (χ2v) is 7.33. The number of hydrogen-bond donors (Lipinski definition) is 1. The van der Waals surface area contributed by atoms with E-state index >= 15 is 0 Å². The van der Waals surface area contributed by atoms with Gasteiger partial charge in [0.05, 0.1) is 5.52 Å². The van der Waals surface area contributed by atoms with Crippen molar-refractivity contribution in [1.82, 2.24) is 15.2 Å². The molecule has 27 heavy (non-hydrogen) atoms. The lowest BCUT2D eigenvalue weighted by molar-refractivity contribution is 0.0951. The Morgan fingerprint density at radius 1 is 1.11 bits per heavy atom.